The number of carboxylic acid groups (broad SMARTS) is 1. The summed E-state index contributed by atoms with van der Waals surface area (Å²) in [6.45, 7) is 4.47. The number of piperidine rings is 3. The fourth-order valence-corrected chi connectivity index (χ4v) is 5.30. The van der Waals surface area contributed by atoms with E-state index in [1.54, 1.807) is 0 Å². The van der Waals surface area contributed by atoms with Gasteiger partial charge in [-0.15, -0.1) is 0 Å². The lowest BCUT2D eigenvalue weighted by Gasteiger charge is -2.49. The Morgan fingerprint density at radius 1 is 1.26 bits per heavy atom. The standard InChI is InChI=1S/C23H27BrN4O3/c1-14-26-20(17-4-2-3-5-19(17)24)11-21(27-14)18-13-28-9-8-15(18)10-16(28)12-25-22(29)6-7-23(30)31/h2-5,11,15-16,18H,6-10,12-13H2,1H3,(H,25,29)(H,30,31). The molecule has 4 heterocycles. The molecule has 31 heavy (non-hydrogen) atoms. The number of nitrogens with zero attached hydrogens (tertiary/aromatic N) is 3. The summed E-state index contributed by atoms with van der Waals surface area (Å²) < 4.78 is 1.02. The van der Waals surface area contributed by atoms with E-state index in [-0.39, 0.29) is 18.7 Å². The Labute approximate surface area is 190 Å². The van der Waals surface area contributed by atoms with Crippen LogP contribution in [0.3, 0.4) is 0 Å². The van der Waals surface area contributed by atoms with Crippen LogP contribution in [0.5, 0.6) is 0 Å². The molecule has 0 radical (unpaired) electrons. The molecule has 3 aliphatic rings. The Morgan fingerprint density at radius 2 is 2.06 bits per heavy atom. The molecule has 4 atom stereocenters. The Bertz CT molecular complexity index is 983. The minimum Gasteiger partial charge on any atom is -0.481 e. The van der Waals surface area contributed by atoms with Crippen molar-refractivity contribution >= 4 is 27.8 Å². The number of aromatic nitrogens is 2. The van der Waals surface area contributed by atoms with E-state index in [0.29, 0.717) is 24.4 Å². The highest BCUT2D eigenvalue weighted by atomic mass is 79.9. The van der Waals surface area contributed by atoms with Crippen LogP contribution >= 0.6 is 15.9 Å². The summed E-state index contributed by atoms with van der Waals surface area (Å²) in [6, 6.07) is 10.5. The number of carbonyl (C=O) groups excluding carboxylic acids is 1. The van der Waals surface area contributed by atoms with Crippen LogP contribution in [0.2, 0.25) is 0 Å². The van der Waals surface area contributed by atoms with E-state index in [9.17, 15) is 9.59 Å². The average Bonchev–Trinajstić information content (AvgIpc) is 2.76. The summed E-state index contributed by atoms with van der Waals surface area (Å²) in [7, 11) is 0. The third-order valence-electron chi connectivity index (χ3n) is 6.37. The maximum Gasteiger partial charge on any atom is 0.303 e. The van der Waals surface area contributed by atoms with Gasteiger partial charge in [-0.25, -0.2) is 9.97 Å². The molecule has 0 spiro atoms. The van der Waals surface area contributed by atoms with Crippen molar-refractivity contribution in [2.24, 2.45) is 5.92 Å². The molecule has 1 aromatic carbocycles. The second kappa shape index (κ2) is 9.44. The molecular formula is C23H27BrN4O3. The van der Waals surface area contributed by atoms with E-state index in [1.165, 1.54) is 0 Å². The maximum absolute atomic E-state index is 11.9. The SMILES string of the molecule is Cc1nc(-c2ccccc2Br)cc(C2CN3CCC2CC3CNC(=O)CCC(=O)O)n1. The van der Waals surface area contributed by atoms with Gasteiger partial charge >= 0.3 is 5.97 Å². The van der Waals surface area contributed by atoms with Gasteiger partial charge in [-0.1, -0.05) is 34.1 Å². The largest absolute Gasteiger partial charge is 0.481 e. The predicted octanol–water partition coefficient (Wildman–Crippen LogP) is 3.37. The molecule has 8 heteroatoms. The molecule has 164 valence electrons. The third-order valence-corrected chi connectivity index (χ3v) is 7.06. The molecule has 1 aromatic heterocycles. The lowest BCUT2D eigenvalue weighted by Crippen LogP contribution is -2.56. The number of fused-ring (bicyclic) bond motifs is 3. The second-order valence-corrected chi connectivity index (χ2v) is 9.30. The topological polar surface area (TPSA) is 95.4 Å². The molecule has 0 aliphatic carbocycles. The highest BCUT2D eigenvalue weighted by Crippen LogP contribution is 2.42. The van der Waals surface area contributed by atoms with Crippen LogP contribution in [-0.2, 0) is 9.59 Å². The van der Waals surface area contributed by atoms with Crippen LogP contribution < -0.4 is 5.32 Å². The number of hydrogen-bond donors (Lipinski definition) is 2. The van der Waals surface area contributed by atoms with Crippen molar-refractivity contribution in [2.45, 2.75) is 44.6 Å². The van der Waals surface area contributed by atoms with Gasteiger partial charge in [-0.05, 0) is 44.4 Å². The number of amides is 1. The van der Waals surface area contributed by atoms with Gasteiger partial charge in [-0.3, -0.25) is 14.5 Å². The van der Waals surface area contributed by atoms with Gasteiger partial charge in [0.1, 0.15) is 5.82 Å². The molecule has 0 saturated carbocycles. The van der Waals surface area contributed by atoms with E-state index >= 15 is 0 Å². The first-order valence-electron chi connectivity index (χ1n) is 10.7. The van der Waals surface area contributed by atoms with Gasteiger partial charge in [0.05, 0.1) is 12.1 Å². The lowest BCUT2D eigenvalue weighted by molar-refractivity contribution is -0.138. The summed E-state index contributed by atoms with van der Waals surface area (Å²) >= 11 is 3.63. The lowest BCUT2D eigenvalue weighted by atomic mass is 9.74. The van der Waals surface area contributed by atoms with Crippen molar-refractivity contribution in [3.63, 3.8) is 0 Å². The molecule has 4 unspecified atom stereocenters. The summed E-state index contributed by atoms with van der Waals surface area (Å²) in [4.78, 5) is 34.5. The zero-order chi connectivity index (χ0) is 22.0. The van der Waals surface area contributed by atoms with E-state index in [0.717, 1.165) is 53.2 Å². The Morgan fingerprint density at radius 3 is 2.77 bits per heavy atom. The second-order valence-electron chi connectivity index (χ2n) is 8.44. The van der Waals surface area contributed by atoms with Gasteiger partial charge < -0.3 is 10.4 Å². The van der Waals surface area contributed by atoms with Crippen molar-refractivity contribution < 1.29 is 14.7 Å². The van der Waals surface area contributed by atoms with Crippen LogP contribution in [0.25, 0.3) is 11.3 Å². The first kappa shape index (κ1) is 21.9. The molecule has 5 rings (SSSR count). The number of rotatable bonds is 7. The maximum atomic E-state index is 11.9. The third kappa shape index (κ3) is 5.13. The van der Waals surface area contributed by atoms with E-state index in [1.807, 2.05) is 25.1 Å². The molecule has 7 nitrogen and oxygen atoms in total. The quantitative estimate of drug-likeness (QED) is 0.622. The minimum absolute atomic E-state index is 0.0339. The number of nitrogens with one attached hydrogen (secondary N) is 1. The zero-order valence-electron chi connectivity index (χ0n) is 17.6. The zero-order valence-corrected chi connectivity index (χ0v) is 19.1. The molecule has 3 aliphatic heterocycles. The Balaban J connectivity index is 1.44. The van der Waals surface area contributed by atoms with Crippen molar-refractivity contribution in [3.8, 4) is 11.3 Å². The van der Waals surface area contributed by atoms with Gasteiger partial charge in [0.2, 0.25) is 5.91 Å². The van der Waals surface area contributed by atoms with Crippen LogP contribution in [0.4, 0.5) is 0 Å². The van der Waals surface area contributed by atoms with Gasteiger partial charge in [0, 0.05) is 47.2 Å². The number of carboxylic acids is 1. The first-order valence-corrected chi connectivity index (χ1v) is 11.5. The fraction of sp³-hybridized carbons (Fsp3) is 0.478. The van der Waals surface area contributed by atoms with Gasteiger partial charge in [0.15, 0.2) is 0 Å². The molecular weight excluding hydrogens is 460 g/mol. The molecule has 2 aromatic rings. The Kier molecular flexibility index (Phi) is 6.67. The van der Waals surface area contributed by atoms with Crippen LogP contribution in [0.1, 0.15) is 43.1 Å². The van der Waals surface area contributed by atoms with Crippen molar-refractivity contribution in [2.75, 3.05) is 19.6 Å². The number of hydrogen-bond acceptors (Lipinski definition) is 5. The summed E-state index contributed by atoms with van der Waals surface area (Å²) in [6.07, 6.45) is 2.04. The van der Waals surface area contributed by atoms with Gasteiger partial charge in [0.25, 0.3) is 0 Å². The Hall–Kier alpha value is -2.32. The molecule has 2 bridgehead atoms. The van der Waals surface area contributed by atoms with Crippen molar-refractivity contribution in [3.05, 3.63) is 46.3 Å². The molecule has 1 amide bonds. The molecule has 2 N–H and O–H groups in total. The first-order chi connectivity index (χ1) is 14.9. The average molecular weight is 487 g/mol. The number of benzene rings is 1. The van der Waals surface area contributed by atoms with Crippen LogP contribution in [0, 0.1) is 12.8 Å². The van der Waals surface area contributed by atoms with E-state index in [4.69, 9.17) is 10.1 Å². The summed E-state index contributed by atoms with van der Waals surface area (Å²) in [5, 5.41) is 11.6. The van der Waals surface area contributed by atoms with Crippen molar-refractivity contribution in [1.29, 1.82) is 0 Å². The normalized spacial score (nSPS) is 24.7. The highest BCUT2D eigenvalue weighted by Gasteiger charge is 2.41. The number of carbonyl (C=O) groups is 2. The predicted molar refractivity (Wildman–Crippen MR) is 121 cm³/mol. The number of halogens is 1. The summed E-state index contributed by atoms with van der Waals surface area (Å²) in [5.74, 6) is 0.525. The van der Waals surface area contributed by atoms with Crippen LogP contribution in [-0.4, -0.2) is 57.5 Å². The van der Waals surface area contributed by atoms with Gasteiger partial charge in [-0.2, -0.15) is 0 Å². The van der Waals surface area contributed by atoms with E-state index < -0.39 is 5.97 Å². The number of aliphatic carboxylic acids is 1. The minimum atomic E-state index is -0.944. The van der Waals surface area contributed by atoms with Crippen LogP contribution in [0.15, 0.2) is 34.8 Å². The summed E-state index contributed by atoms with van der Waals surface area (Å²) in [5.41, 5.74) is 3.10. The molecule has 3 fully saturated rings. The smallest absolute Gasteiger partial charge is 0.303 e. The highest BCUT2D eigenvalue weighted by molar-refractivity contribution is 9.10. The van der Waals surface area contributed by atoms with Crippen molar-refractivity contribution in [1.82, 2.24) is 20.2 Å². The monoisotopic (exact) mass is 486 g/mol. The van der Waals surface area contributed by atoms with E-state index in [2.05, 4.69) is 43.3 Å². The number of aryl methyl sites for hydroxylation is 1. The fourth-order valence-electron chi connectivity index (χ4n) is 4.81. The molecule has 3 saturated heterocycles.